The summed E-state index contributed by atoms with van der Waals surface area (Å²) < 4.78 is 1.71. The molecule has 0 radical (unpaired) electrons. The fraction of sp³-hybridized carbons (Fsp3) is 0.636. The number of hydrogen-bond acceptors (Lipinski definition) is 5. The predicted octanol–water partition coefficient (Wildman–Crippen LogP) is 0.636. The third-order valence-electron chi connectivity index (χ3n) is 3.43. The number of carbonyl (C=O) groups is 1. The molecule has 110 valence electrons. The Hall–Kier alpha value is -1.48. The molecule has 1 aliphatic rings. The zero-order valence-electron chi connectivity index (χ0n) is 11.4. The average Bonchev–Trinajstić information content (AvgIpc) is 2.68. The Labute approximate surface area is 124 Å². The molecule has 1 amide bonds. The van der Waals surface area contributed by atoms with Crippen molar-refractivity contribution in [2.45, 2.75) is 13.5 Å². The van der Waals surface area contributed by atoms with E-state index in [9.17, 15) is 14.9 Å². The minimum atomic E-state index is -0.562. The number of carbonyl (C=O) groups excluding carboxylic acids is 1. The van der Waals surface area contributed by atoms with Crippen LogP contribution in [-0.4, -0.2) is 63.6 Å². The van der Waals surface area contributed by atoms with Gasteiger partial charge in [0.2, 0.25) is 5.91 Å². The molecule has 0 N–H and O–H groups in total. The summed E-state index contributed by atoms with van der Waals surface area (Å²) in [6.45, 7) is 4.77. The van der Waals surface area contributed by atoms with Crippen LogP contribution in [0, 0.1) is 17.0 Å². The number of nitrogens with zero attached hydrogens (tertiary/aromatic N) is 5. The fourth-order valence-electron chi connectivity index (χ4n) is 2.06. The van der Waals surface area contributed by atoms with Crippen molar-refractivity contribution in [3.8, 4) is 0 Å². The minimum absolute atomic E-state index is 0.0297. The fourth-order valence-corrected chi connectivity index (χ4v) is 2.49. The van der Waals surface area contributed by atoms with Gasteiger partial charge in [0.05, 0.1) is 10.8 Å². The first-order valence-corrected chi connectivity index (χ1v) is 7.03. The smallest absolute Gasteiger partial charge is 0.358 e. The van der Waals surface area contributed by atoms with E-state index in [1.807, 2.05) is 7.05 Å². The third kappa shape index (κ3) is 2.98. The van der Waals surface area contributed by atoms with E-state index < -0.39 is 4.92 Å². The number of amides is 1. The van der Waals surface area contributed by atoms with Gasteiger partial charge in [0.25, 0.3) is 0 Å². The molecule has 8 nitrogen and oxygen atoms in total. The van der Waals surface area contributed by atoms with Crippen LogP contribution in [0.2, 0.25) is 0 Å². The van der Waals surface area contributed by atoms with Gasteiger partial charge in [-0.1, -0.05) is 0 Å². The standard InChI is InChI=1S/C11H16BrN5O3/c1-8-10(12)11(17(19)20)13-16(8)7-9(18)15-5-3-14(2)4-6-15/h3-7H2,1-2H3. The molecule has 1 aromatic heterocycles. The maximum absolute atomic E-state index is 12.2. The Morgan fingerprint density at radius 2 is 2.00 bits per heavy atom. The quantitative estimate of drug-likeness (QED) is 0.592. The van der Waals surface area contributed by atoms with E-state index >= 15 is 0 Å². The Bertz CT molecular complexity index is 536. The van der Waals surface area contributed by atoms with Gasteiger partial charge in [-0.3, -0.25) is 4.79 Å². The summed E-state index contributed by atoms with van der Waals surface area (Å²) in [7, 11) is 2.01. The molecule has 2 rings (SSSR count). The summed E-state index contributed by atoms with van der Waals surface area (Å²) in [4.78, 5) is 26.3. The van der Waals surface area contributed by atoms with Crippen LogP contribution >= 0.6 is 15.9 Å². The van der Waals surface area contributed by atoms with Crippen molar-refractivity contribution < 1.29 is 9.72 Å². The van der Waals surface area contributed by atoms with Crippen LogP contribution < -0.4 is 0 Å². The van der Waals surface area contributed by atoms with E-state index in [4.69, 9.17) is 0 Å². The summed E-state index contributed by atoms with van der Waals surface area (Å²) >= 11 is 3.14. The van der Waals surface area contributed by atoms with Crippen molar-refractivity contribution in [1.82, 2.24) is 19.6 Å². The lowest BCUT2D eigenvalue weighted by Gasteiger charge is -2.32. The Morgan fingerprint density at radius 1 is 1.40 bits per heavy atom. The molecular formula is C11H16BrN5O3. The number of hydrogen-bond donors (Lipinski definition) is 0. The van der Waals surface area contributed by atoms with Crippen LogP contribution in [0.4, 0.5) is 5.82 Å². The van der Waals surface area contributed by atoms with Gasteiger partial charge >= 0.3 is 5.82 Å². The lowest BCUT2D eigenvalue weighted by atomic mass is 10.3. The lowest BCUT2D eigenvalue weighted by molar-refractivity contribution is -0.390. The van der Waals surface area contributed by atoms with Gasteiger partial charge in [-0.05, 0) is 34.8 Å². The van der Waals surface area contributed by atoms with Gasteiger partial charge in [-0.2, -0.15) is 4.68 Å². The topological polar surface area (TPSA) is 84.5 Å². The number of aromatic nitrogens is 2. The monoisotopic (exact) mass is 345 g/mol. The zero-order chi connectivity index (χ0) is 14.9. The van der Waals surface area contributed by atoms with Crippen molar-refractivity contribution >= 4 is 27.7 Å². The molecule has 0 atom stereocenters. The molecule has 0 saturated carbocycles. The molecule has 1 saturated heterocycles. The van der Waals surface area contributed by atoms with Crippen molar-refractivity contribution in [3.63, 3.8) is 0 Å². The van der Waals surface area contributed by atoms with Gasteiger partial charge in [-0.25, -0.2) is 0 Å². The molecule has 2 heterocycles. The molecule has 0 aliphatic carbocycles. The summed E-state index contributed by atoms with van der Waals surface area (Å²) in [6.07, 6.45) is 0. The second-order valence-electron chi connectivity index (χ2n) is 4.82. The highest BCUT2D eigenvalue weighted by molar-refractivity contribution is 9.10. The van der Waals surface area contributed by atoms with Gasteiger partial charge in [0.1, 0.15) is 11.0 Å². The first-order valence-electron chi connectivity index (χ1n) is 6.23. The Kier molecular flexibility index (Phi) is 4.39. The van der Waals surface area contributed by atoms with Gasteiger partial charge < -0.3 is 19.9 Å². The van der Waals surface area contributed by atoms with Gasteiger partial charge in [-0.15, -0.1) is 0 Å². The normalized spacial score (nSPS) is 16.4. The van der Waals surface area contributed by atoms with Crippen LogP contribution in [0.25, 0.3) is 0 Å². The molecular weight excluding hydrogens is 330 g/mol. The lowest BCUT2D eigenvalue weighted by Crippen LogP contribution is -2.48. The molecule has 0 spiro atoms. The van der Waals surface area contributed by atoms with E-state index in [-0.39, 0.29) is 18.3 Å². The first-order chi connectivity index (χ1) is 9.40. The highest BCUT2D eigenvalue weighted by Crippen LogP contribution is 2.26. The van der Waals surface area contributed by atoms with Crippen LogP contribution in [0.15, 0.2) is 4.47 Å². The second-order valence-corrected chi connectivity index (χ2v) is 5.61. The molecule has 0 aromatic carbocycles. The summed E-state index contributed by atoms with van der Waals surface area (Å²) in [5, 5.41) is 14.7. The number of piperazine rings is 1. The van der Waals surface area contributed by atoms with E-state index in [1.165, 1.54) is 4.68 Å². The first kappa shape index (κ1) is 14.9. The van der Waals surface area contributed by atoms with Crippen LogP contribution in [-0.2, 0) is 11.3 Å². The third-order valence-corrected chi connectivity index (χ3v) is 4.36. The van der Waals surface area contributed by atoms with Crippen LogP contribution in [0.1, 0.15) is 5.69 Å². The molecule has 0 bridgehead atoms. The average molecular weight is 346 g/mol. The predicted molar refractivity (Wildman–Crippen MR) is 75.4 cm³/mol. The molecule has 9 heteroatoms. The van der Waals surface area contributed by atoms with E-state index in [0.29, 0.717) is 23.3 Å². The van der Waals surface area contributed by atoms with Gasteiger partial charge in [0.15, 0.2) is 0 Å². The Balaban J connectivity index is 2.08. The molecule has 0 unspecified atom stereocenters. The molecule has 1 fully saturated rings. The van der Waals surface area contributed by atoms with Crippen LogP contribution in [0.5, 0.6) is 0 Å². The molecule has 1 aromatic rings. The van der Waals surface area contributed by atoms with Crippen molar-refractivity contribution in [2.24, 2.45) is 0 Å². The number of likely N-dealkylation sites (N-methyl/N-ethyl adjacent to an activating group) is 1. The van der Waals surface area contributed by atoms with Crippen molar-refractivity contribution in [1.29, 1.82) is 0 Å². The number of halogens is 1. The second kappa shape index (κ2) is 5.88. The maximum Gasteiger partial charge on any atom is 0.404 e. The highest BCUT2D eigenvalue weighted by atomic mass is 79.9. The molecule has 1 aliphatic heterocycles. The minimum Gasteiger partial charge on any atom is -0.358 e. The van der Waals surface area contributed by atoms with Crippen LogP contribution in [0.3, 0.4) is 0 Å². The highest BCUT2D eigenvalue weighted by Gasteiger charge is 2.26. The van der Waals surface area contributed by atoms with E-state index in [2.05, 4.69) is 25.9 Å². The Morgan fingerprint density at radius 3 is 2.50 bits per heavy atom. The molecule has 20 heavy (non-hydrogen) atoms. The van der Waals surface area contributed by atoms with E-state index in [0.717, 1.165) is 13.1 Å². The maximum atomic E-state index is 12.2. The number of nitro groups is 1. The SMILES string of the molecule is Cc1c(Br)c([N+](=O)[O-])nn1CC(=O)N1CCN(C)CC1. The number of rotatable bonds is 3. The van der Waals surface area contributed by atoms with Crippen molar-refractivity contribution in [3.05, 3.63) is 20.3 Å². The summed E-state index contributed by atoms with van der Waals surface area (Å²) in [6, 6.07) is 0. The van der Waals surface area contributed by atoms with Crippen molar-refractivity contribution in [2.75, 3.05) is 33.2 Å². The van der Waals surface area contributed by atoms with Gasteiger partial charge in [0, 0.05) is 26.2 Å². The summed E-state index contributed by atoms with van der Waals surface area (Å²) in [5.41, 5.74) is 0.583. The zero-order valence-corrected chi connectivity index (χ0v) is 13.0. The van der Waals surface area contributed by atoms with E-state index in [1.54, 1.807) is 11.8 Å². The summed E-state index contributed by atoms with van der Waals surface area (Å²) in [5.74, 6) is -0.320. The largest absolute Gasteiger partial charge is 0.404 e.